The summed E-state index contributed by atoms with van der Waals surface area (Å²) in [5, 5.41) is 9.13. The molecule has 0 aromatic heterocycles. The van der Waals surface area contributed by atoms with Crippen LogP contribution in [0, 0.1) is 0 Å². The lowest BCUT2D eigenvalue weighted by Gasteiger charge is -2.23. The van der Waals surface area contributed by atoms with Gasteiger partial charge in [0.2, 0.25) is 0 Å². The molecule has 0 aromatic rings. The molecule has 1 N–H and O–H groups in total. The number of hydrogen-bond acceptors (Lipinski definition) is 3. The molecule has 0 saturated heterocycles. The van der Waals surface area contributed by atoms with Crippen molar-refractivity contribution in [1.82, 2.24) is 0 Å². The van der Waals surface area contributed by atoms with Crippen LogP contribution in [0.2, 0.25) is 0 Å². The van der Waals surface area contributed by atoms with Gasteiger partial charge in [0.05, 0.1) is 21.4 Å². The van der Waals surface area contributed by atoms with Crippen LogP contribution >= 0.6 is 30.4 Å². The SMILES string of the molecule is OC1CCC(OSI)CC1. The van der Waals surface area contributed by atoms with Gasteiger partial charge in [-0.05, 0) is 25.7 Å². The molecular formula is C6H11IO2S. The largest absolute Gasteiger partial charge is 0.393 e. The number of aliphatic hydroxyl groups is 1. The van der Waals surface area contributed by atoms with Crippen LogP contribution in [-0.2, 0) is 4.18 Å². The molecule has 60 valence electrons. The van der Waals surface area contributed by atoms with Gasteiger partial charge in [0, 0.05) is 21.2 Å². The Balaban J connectivity index is 2.13. The summed E-state index contributed by atoms with van der Waals surface area (Å²) in [6.07, 6.45) is 4.14. The minimum Gasteiger partial charge on any atom is -0.393 e. The molecule has 1 aliphatic rings. The predicted molar refractivity (Wildman–Crippen MR) is 51.0 cm³/mol. The summed E-state index contributed by atoms with van der Waals surface area (Å²) in [4.78, 5) is 0. The van der Waals surface area contributed by atoms with E-state index in [0.717, 1.165) is 25.7 Å². The van der Waals surface area contributed by atoms with E-state index in [-0.39, 0.29) is 6.10 Å². The predicted octanol–water partition coefficient (Wildman–Crippen LogP) is 2.30. The Labute approximate surface area is 77.5 Å². The van der Waals surface area contributed by atoms with Crippen LogP contribution in [0.25, 0.3) is 0 Å². The number of halogens is 1. The molecule has 1 rings (SSSR count). The zero-order valence-corrected chi connectivity index (χ0v) is 8.60. The van der Waals surface area contributed by atoms with Gasteiger partial charge >= 0.3 is 0 Å². The van der Waals surface area contributed by atoms with E-state index >= 15 is 0 Å². The van der Waals surface area contributed by atoms with Gasteiger partial charge < -0.3 is 9.29 Å². The van der Waals surface area contributed by atoms with Crippen LogP contribution in [0.3, 0.4) is 0 Å². The van der Waals surface area contributed by atoms with Crippen LogP contribution < -0.4 is 0 Å². The van der Waals surface area contributed by atoms with Gasteiger partial charge in [-0.3, -0.25) is 0 Å². The minimum atomic E-state index is -0.0703. The van der Waals surface area contributed by atoms with E-state index in [2.05, 4.69) is 21.2 Å². The Kier molecular flexibility index (Phi) is 4.36. The second-order valence-electron chi connectivity index (χ2n) is 2.59. The smallest absolute Gasteiger partial charge is 0.0733 e. The van der Waals surface area contributed by atoms with Crippen molar-refractivity contribution in [2.75, 3.05) is 0 Å². The fourth-order valence-corrected chi connectivity index (χ4v) is 2.37. The highest BCUT2D eigenvalue weighted by molar-refractivity contribution is 14.2. The van der Waals surface area contributed by atoms with Crippen LogP contribution in [0.1, 0.15) is 25.7 Å². The van der Waals surface area contributed by atoms with Crippen LogP contribution in [0.15, 0.2) is 0 Å². The highest BCUT2D eigenvalue weighted by atomic mass is 127. The van der Waals surface area contributed by atoms with Gasteiger partial charge in [-0.2, -0.15) is 0 Å². The van der Waals surface area contributed by atoms with Gasteiger partial charge in [0.25, 0.3) is 0 Å². The molecule has 1 saturated carbocycles. The van der Waals surface area contributed by atoms with Crippen molar-refractivity contribution in [2.45, 2.75) is 37.9 Å². The third kappa shape index (κ3) is 2.94. The number of aliphatic hydroxyl groups excluding tert-OH is 1. The molecule has 4 heteroatoms. The van der Waals surface area contributed by atoms with Crippen molar-refractivity contribution in [3.8, 4) is 0 Å². The maximum atomic E-state index is 9.13. The lowest BCUT2D eigenvalue weighted by molar-refractivity contribution is 0.0773. The molecule has 0 aliphatic heterocycles. The summed E-state index contributed by atoms with van der Waals surface area (Å²) in [6, 6.07) is 0. The number of hydrogen-bond donors (Lipinski definition) is 1. The average molecular weight is 274 g/mol. The summed E-state index contributed by atoms with van der Waals surface area (Å²) >= 11 is 2.13. The van der Waals surface area contributed by atoms with Gasteiger partial charge in [0.15, 0.2) is 0 Å². The van der Waals surface area contributed by atoms with Crippen molar-refractivity contribution in [3.05, 3.63) is 0 Å². The second-order valence-corrected chi connectivity index (χ2v) is 3.99. The lowest BCUT2D eigenvalue weighted by atomic mass is 9.95. The molecule has 0 bridgehead atoms. The van der Waals surface area contributed by atoms with E-state index in [1.807, 2.05) is 0 Å². The van der Waals surface area contributed by atoms with E-state index in [0.29, 0.717) is 6.10 Å². The van der Waals surface area contributed by atoms with Crippen molar-refractivity contribution >= 4 is 30.4 Å². The zero-order chi connectivity index (χ0) is 7.40. The van der Waals surface area contributed by atoms with E-state index in [1.54, 1.807) is 0 Å². The average Bonchev–Trinajstić information content (AvgIpc) is 1.95. The molecule has 1 fully saturated rings. The Morgan fingerprint density at radius 2 is 1.90 bits per heavy atom. The van der Waals surface area contributed by atoms with Crippen LogP contribution in [-0.4, -0.2) is 17.3 Å². The molecule has 1 aliphatic carbocycles. The lowest BCUT2D eigenvalue weighted by Crippen LogP contribution is -2.22. The monoisotopic (exact) mass is 274 g/mol. The Bertz CT molecular complexity index is 93.7. The summed E-state index contributed by atoms with van der Waals surface area (Å²) in [5.41, 5.74) is 0. The molecule has 0 aromatic carbocycles. The van der Waals surface area contributed by atoms with E-state index < -0.39 is 0 Å². The van der Waals surface area contributed by atoms with Gasteiger partial charge in [0.1, 0.15) is 0 Å². The molecule has 0 amide bonds. The maximum absolute atomic E-state index is 9.13. The Morgan fingerprint density at radius 3 is 2.40 bits per heavy atom. The van der Waals surface area contributed by atoms with Crippen LogP contribution in [0.4, 0.5) is 0 Å². The highest BCUT2D eigenvalue weighted by Gasteiger charge is 2.19. The first kappa shape index (κ1) is 9.09. The molecular weight excluding hydrogens is 263 g/mol. The van der Waals surface area contributed by atoms with Crippen LogP contribution in [0.5, 0.6) is 0 Å². The zero-order valence-electron chi connectivity index (χ0n) is 5.62. The maximum Gasteiger partial charge on any atom is 0.0733 e. The minimum absolute atomic E-state index is 0.0703. The molecule has 0 radical (unpaired) electrons. The summed E-state index contributed by atoms with van der Waals surface area (Å²) in [5.74, 6) is 0. The van der Waals surface area contributed by atoms with Crippen molar-refractivity contribution < 1.29 is 9.29 Å². The highest BCUT2D eigenvalue weighted by Crippen LogP contribution is 2.26. The van der Waals surface area contributed by atoms with Crippen molar-refractivity contribution in [2.24, 2.45) is 0 Å². The summed E-state index contributed by atoms with van der Waals surface area (Å²) in [7, 11) is 1.40. The van der Waals surface area contributed by atoms with Gasteiger partial charge in [-0.25, -0.2) is 0 Å². The second kappa shape index (κ2) is 4.79. The normalized spacial score (nSPS) is 34.2. The molecule has 0 heterocycles. The quantitative estimate of drug-likeness (QED) is 0.619. The Hall–Kier alpha value is 1.00. The van der Waals surface area contributed by atoms with Gasteiger partial charge in [-0.1, -0.05) is 0 Å². The number of rotatable bonds is 2. The summed E-state index contributed by atoms with van der Waals surface area (Å²) in [6.45, 7) is 0. The van der Waals surface area contributed by atoms with E-state index in [1.165, 1.54) is 9.21 Å². The third-order valence-corrected chi connectivity index (χ3v) is 2.78. The molecule has 0 spiro atoms. The molecule has 0 unspecified atom stereocenters. The molecule has 2 nitrogen and oxygen atoms in total. The van der Waals surface area contributed by atoms with E-state index in [9.17, 15) is 0 Å². The Morgan fingerprint density at radius 1 is 1.30 bits per heavy atom. The third-order valence-electron chi connectivity index (χ3n) is 1.82. The molecule has 10 heavy (non-hydrogen) atoms. The standard InChI is InChI=1S/C6H11IO2S/c7-10-9-6-3-1-5(8)2-4-6/h5-6,8H,1-4H2. The fourth-order valence-electron chi connectivity index (χ4n) is 1.19. The summed E-state index contributed by atoms with van der Waals surface area (Å²) < 4.78 is 5.32. The first-order valence-electron chi connectivity index (χ1n) is 3.45. The first-order chi connectivity index (χ1) is 4.83. The fraction of sp³-hybridized carbons (Fsp3) is 1.00. The first-order valence-corrected chi connectivity index (χ1v) is 6.73. The van der Waals surface area contributed by atoms with E-state index in [4.69, 9.17) is 9.29 Å². The molecule has 0 atom stereocenters. The topological polar surface area (TPSA) is 29.5 Å². The van der Waals surface area contributed by atoms with Crippen molar-refractivity contribution in [3.63, 3.8) is 0 Å². The van der Waals surface area contributed by atoms with Crippen molar-refractivity contribution in [1.29, 1.82) is 0 Å². The van der Waals surface area contributed by atoms with Gasteiger partial charge in [-0.15, -0.1) is 0 Å².